The van der Waals surface area contributed by atoms with Crippen molar-refractivity contribution in [2.75, 3.05) is 5.32 Å². The van der Waals surface area contributed by atoms with Gasteiger partial charge in [0.2, 0.25) is 5.91 Å². The highest BCUT2D eigenvalue weighted by Gasteiger charge is 2.31. The van der Waals surface area contributed by atoms with Gasteiger partial charge >= 0.3 is 6.18 Å². The van der Waals surface area contributed by atoms with E-state index in [1.807, 2.05) is 6.92 Å². The molecule has 2 fully saturated rings. The predicted octanol–water partition coefficient (Wildman–Crippen LogP) is 5.17. The maximum Gasteiger partial charge on any atom is 0.416 e. The van der Waals surface area contributed by atoms with E-state index in [1.54, 1.807) is 6.07 Å². The van der Waals surface area contributed by atoms with Crippen molar-refractivity contribution in [3.05, 3.63) is 35.7 Å². The summed E-state index contributed by atoms with van der Waals surface area (Å²) in [5.41, 5.74) is -0.313. The van der Waals surface area contributed by atoms with Gasteiger partial charge in [0.15, 0.2) is 11.0 Å². The van der Waals surface area contributed by atoms with E-state index in [1.165, 1.54) is 24.2 Å². The summed E-state index contributed by atoms with van der Waals surface area (Å²) in [7, 11) is 0. The SMILES string of the molecule is CC(Sc1nnc(CNc2cccc(C(F)(F)F)c2)n1C1CCCCC1)C(=O)NC1CC1. The molecule has 0 spiro atoms. The Labute approximate surface area is 189 Å². The summed E-state index contributed by atoms with van der Waals surface area (Å²) in [4.78, 5) is 12.4. The molecule has 0 radical (unpaired) electrons. The number of hydrogen-bond donors (Lipinski definition) is 2. The zero-order chi connectivity index (χ0) is 22.7. The Kier molecular flexibility index (Phi) is 6.97. The molecule has 2 aliphatic carbocycles. The molecule has 1 atom stereocenters. The number of carbonyl (C=O) groups is 1. The molecule has 10 heteroatoms. The molecule has 1 aromatic heterocycles. The topological polar surface area (TPSA) is 71.8 Å². The van der Waals surface area contributed by atoms with Gasteiger partial charge in [-0.2, -0.15) is 13.2 Å². The van der Waals surface area contributed by atoms with Crippen LogP contribution in [0.1, 0.15) is 69.3 Å². The minimum Gasteiger partial charge on any atom is -0.378 e. The standard InChI is InChI=1S/C22H28F3N5OS/c1-14(20(31)27-16-10-11-16)32-21-29-28-19(30(21)18-8-3-2-4-9-18)13-26-17-7-5-6-15(12-17)22(23,24)25/h5-7,12,14,16,18,26H,2-4,8-11,13H2,1H3,(H,27,31). The van der Waals surface area contributed by atoms with E-state index in [9.17, 15) is 18.0 Å². The number of thioether (sulfide) groups is 1. The molecule has 6 nitrogen and oxygen atoms in total. The van der Waals surface area contributed by atoms with Crippen LogP contribution in [0.25, 0.3) is 0 Å². The van der Waals surface area contributed by atoms with Crippen LogP contribution >= 0.6 is 11.8 Å². The highest BCUT2D eigenvalue weighted by atomic mass is 32.2. The number of nitrogens with one attached hydrogen (secondary N) is 2. The Morgan fingerprint density at radius 1 is 1.19 bits per heavy atom. The molecule has 1 amide bonds. The molecular weight excluding hydrogens is 439 g/mol. The fraction of sp³-hybridized carbons (Fsp3) is 0.591. The van der Waals surface area contributed by atoms with E-state index in [0.717, 1.165) is 50.7 Å². The van der Waals surface area contributed by atoms with Gasteiger partial charge in [0.25, 0.3) is 0 Å². The van der Waals surface area contributed by atoms with Gasteiger partial charge in [0.05, 0.1) is 17.4 Å². The molecule has 2 N–H and O–H groups in total. The number of rotatable bonds is 8. The summed E-state index contributed by atoms with van der Waals surface area (Å²) < 4.78 is 41.2. The molecule has 2 aliphatic rings. The van der Waals surface area contributed by atoms with Crippen LogP contribution in [0.15, 0.2) is 29.4 Å². The third-order valence-electron chi connectivity index (χ3n) is 5.89. The maximum absolute atomic E-state index is 13.0. The Morgan fingerprint density at radius 2 is 1.94 bits per heavy atom. The fourth-order valence-corrected chi connectivity index (χ4v) is 4.91. The summed E-state index contributed by atoms with van der Waals surface area (Å²) in [6.45, 7) is 2.12. The molecule has 2 saturated carbocycles. The van der Waals surface area contributed by atoms with Crippen LogP contribution in [-0.4, -0.2) is 32.0 Å². The minimum absolute atomic E-state index is 0.000616. The van der Waals surface area contributed by atoms with Gasteiger partial charge in [-0.25, -0.2) is 0 Å². The second kappa shape index (κ2) is 9.72. The summed E-state index contributed by atoms with van der Waals surface area (Å²) >= 11 is 1.39. The van der Waals surface area contributed by atoms with Crippen LogP contribution in [0, 0.1) is 0 Å². The predicted molar refractivity (Wildman–Crippen MR) is 117 cm³/mol. The summed E-state index contributed by atoms with van der Waals surface area (Å²) in [5, 5.41) is 15.2. The number of carbonyl (C=O) groups excluding carboxylic acids is 1. The molecular formula is C22H28F3N5OS. The Balaban J connectivity index is 1.50. The van der Waals surface area contributed by atoms with Gasteiger partial charge in [-0.3, -0.25) is 4.79 Å². The molecule has 1 unspecified atom stereocenters. The highest BCUT2D eigenvalue weighted by Crippen LogP contribution is 2.35. The van der Waals surface area contributed by atoms with Crippen LogP contribution < -0.4 is 10.6 Å². The normalized spacial score (nSPS) is 18.4. The van der Waals surface area contributed by atoms with Crippen molar-refractivity contribution in [3.63, 3.8) is 0 Å². The third kappa shape index (κ3) is 5.76. The minimum atomic E-state index is -4.39. The lowest BCUT2D eigenvalue weighted by Crippen LogP contribution is -2.32. The van der Waals surface area contributed by atoms with Crippen molar-refractivity contribution in [2.24, 2.45) is 0 Å². The van der Waals surface area contributed by atoms with E-state index in [2.05, 4.69) is 25.4 Å². The van der Waals surface area contributed by atoms with Gasteiger partial charge in [0, 0.05) is 17.8 Å². The molecule has 0 bridgehead atoms. The van der Waals surface area contributed by atoms with E-state index < -0.39 is 11.7 Å². The second-order valence-corrected chi connectivity index (χ2v) is 9.84. The second-order valence-electron chi connectivity index (χ2n) is 8.54. The van der Waals surface area contributed by atoms with Gasteiger partial charge in [-0.05, 0) is 50.8 Å². The average molecular weight is 468 g/mol. The monoisotopic (exact) mass is 467 g/mol. The smallest absolute Gasteiger partial charge is 0.378 e. The number of halogens is 3. The van der Waals surface area contributed by atoms with Crippen molar-refractivity contribution in [3.8, 4) is 0 Å². The molecule has 32 heavy (non-hydrogen) atoms. The van der Waals surface area contributed by atoms with Crippen LogP contribution in [0.2, 0.25) is 0 Å². The van der Waals surface area contributed by atoms with Crippen molar-refractivity contribution < 1.29 is 18.0 Å². The summed E-state index contributed by atoms with van der Waals surface area (Å²) in [6, 6.07) is 5.68. The molecule has 0 aliphatic heterocycles. The maximum atomic E-state index is 13.0. The number of hydrogen-bond acceptors (Lipinski definition) is 5. The van der Waals surface area contributed by atoms with Crippen LogP contribution in [-0.2, 0) is 17.5 Å². The number of alkyl halides is 3. The van der Waals surface area contributed by atoms with Crippen molar-refractivity contribution in [2.45, 2.75) is 87.1 Å². The number of anilines is 1. The van der Waals surface area contributed by atoms with Crippen molar-refractivity contribution in [1.29, 1.82) is 0 Å². The van der Waals surface area contributed by atoms with Gasteiger partial charge < -0.3 is 15.2 Å². The zero-order valence-electron chi connectivity index (χ0n) is 18.0. The number of amides is 1. The molecule has 1 aromatic carbocycles. The van der Waals surface area contributed by atoms with Gasteiger partial charge in [-0.1, -0.05) is 37.1 Å². The average Bonchev–Trinajstić information content (AvgIpc) is 3.50. The highest BCUT2D eigenvalue weighted by molar-refractivity contribution is 8.00. The van der Waals surface area contributed by atoms with Crippen molar-refractivity contribution >= 4 is 23.4 Å². The Bertz CT molecular complexity index is 938. The lowest BCUT2D eigenvalue weighted by atomic mass is 9.95. The summed E-state index contributed by atoms with van der Waals surface area (Å²) in [5.74, 6) is 0.672. The Hall–Kier alpha value is -2.23. The molecule has 1 heterocycles. The van der Waals surface area contributed by atoms with E-state index in [-0.39, 0.29) is 23.7 Å². The van der Waals surface area contributed by atoms with Crippen LogP contribution in [0.3, 0.4) is 0 Å². The molecule has 174 valence electrons. The van der Waals surface area contributed by atoms with Gasteiger partial charge in [0.1, 0.15) is 0 Å². The molecule has 4 rings (SSSR count). The number of benzene rings is 1. The van der Waals surface area contributed by atoms with Crippen LogP contribution in [0.5, 0.6) is 0 Å². The fourth-order valence-electron chi connectivity index (χ4n) is 3.96. The number of nitrogens with zero attached hydrogens (tertiary/aromatic N) is 3. The first-order valence-electron chi connectivity index (χ1n) is 11.1. The van der Waals surface area contributed by atoms with Crippen LogP contribution in [0.4, 0.5) is 18.9 Å². The van der Waals surface area contributed by atoms with Gasteiger partial charge in [-0.15, -0.1) is 10.2 Å². The van der Waals surface area contributed by atoms with E-state index in [4.69, 9.17) is 0 Å². The first kappa shape index (κ1) is 22.9. The van der Waals surface area contributed by atoms with Crippen molar-refractivity contribution in [1.82, 2.24) is 20.1 Å². The quantitative estimate of drug-likeness (QED) is 0.524. The third-order valence-corrected chi connectivity index (χ3v) is 6.95. The molecule has 0 saturated heterocycles. The lowest BCUT2D eigenvalue weighted by Gasteiger charge is -2.26. The molecule has 2 aromatic rings. The zero-order valence-corrected chi connectivity index (χ0v) is 18.8. The first-order chi connectivity index (χ1) is 15.3. The first-order valence-corrected chi connectivity index (χ1v) is 12.0. The number of aromatic nitrogens is 3. The largest absolute Gasteiger partial charge is 0.416 e. The van der Waals surface area contributed by atoms with E-state index in [0.29, 0.717) is 22.7 Å². The van der Waals surface area contributed by atoms with E-state index >= 15 is 0 Å². The summed E-state index contributed by atoms with van der Waals surface area (Å²) in [6.07, 6.45) is 3.12. The lowest BCUT2D eigenvalue weighted by molar-refractivity contribution is -0.137. The Morgan fingerprint density at radius 3 is 2.62 bits per heavy atom.